The summed E-state index contributed by atoms with van der Waals surface area (Å²) in [4.78, 5) is 51.8. The largest absolute Gasteiger partial charge is 0.505 e. The number of fused-ring (bicyclic) bond motifs is 3. The minimum atomic E-state index is -4.62. The molecule has 0 saturated carbocycles. The minimum Gasteiger partial charge on any atom is -0.505 e. The van der Waals surface area contributed by atoms with Crippen molar-refractivity contribution in [3.8, 4) is 17.1 Å². The molecule has 1 aliphatic carbocycles. The van der Waals surface area contributed by atoms with E-state index < -0.39 is 40.1 Å². The Morgan fingerprint density at radius 2 is 1.89 bits per heavy atom. The van der Waals surface area contributed by atoms with Gasteiger partial charge in [-0.1, -0.05) is 18.5 Å². The van der Waals surface area contributed by atoms with Gasteiger partial charge < -0.3 is 25.0 Å². The molecule has 14 nitrogen and oxygen atoms in total. The number of aromatic nitrogens is 7. The fourth-order valence-electron chi connectivity index (χ4n) is 7.54. The molecular formula is C35H35ClF3N9O5. The van der Waals surface area contributed by atoms with Gasteiger partial charge in [0.05, 0.1) is 40.2 Å². The summed E-state index contributed by atoms with van der Waals surface area (Å²) in [6.45, 7) is 5.54. The smallest absolute Gasteiger partial charge is 0.416 e. The van der Waals surface area contributed by atoms with Crippen LogP contribution in [0.5, 0.6) is 5.75 Å². The van der Waals surface area contributed by atoms with Crippen molar-refractivity contribution in [1.82, 2.24) is 38.8 Å². The van der Waals surface area contributed by atoms with E-state index in [1.54, 1.807) is 29.5 Å². The minimum absolute atomic E-state index is 0.0275. The first kappa shape index (κ1) is 36.1. The Kier molecular flexibility index (Phi) is 8.84. The van der Waals surface area contributed by atoms with Gasteiger partial charge in [-0.25, -0.2) is 4.98 Å². The first-order valence-electron chi connectivity index (χ1n) is 16.8. The van der Waals surface area contributed by atoms with Crippen molar-refractivity contribution in [2.24, 2.45) is 0 Å². The van der Waals surface area contributed by atoms with Gasteiger partial charge >= 0.3 is 6.18 Å². The molecule has 3 N–H and O–H groups in total. The van der Waals surface area contributed by atoms with Crippen molar-refractivity contribution in [1.29, 1.82) is 0 Å². The van der Waals surface area contributed by atoms with Crippen molar-refractivity contribution in [2.45, 2.75) is 76.2 Å². The lowest BCUT2D eigenvalue weighted by Gasteiger charge is -2.39. The van der Waals surface area contributed by atoms with Crippen LogP contribution in [-0.2, 0) is 29.5 Å². The third-order valence-corrected chi connectivity index (χ3v) is 10.1. The molecule has 1 aliphatic heterocycles. The van der Waals surface area contributed by atoms with E-state index in [9.17, 15) is 37.8 Å². The Bertz CT molecular complexity index is 2320. The number of amides is 2. The molecule has 5 aromatic rings. The van der Waals surface area contributed by atoms with Crippen LogP contribution in [0.15, 0.2) is 53.7 Å². The summed E-state index contributed by atoms with van der Waals surface area (Å²) in [6.07, 6.45) is 1.27. The summed E-state index contributed by atoms with van der Waals surface area (Å²) in [5.41, 5.74) is -1.77. The van der Waals surface area contributed by atoms with Crippen LogP contribution in [0.1, 0.15) is 73.3 Å². The Hall–Kier alpha value is -5.29. The zero-order valence-electron chi connectivity index (χ0n) is 28.9. The predicted octanol–water partition coefficient (Wildman–Crippen LogP) is 4.62. The van der Waals surface area contributed by atoms with E-state index in [-0.39, 0.29) is 65.9 Å². The number of pyridine rings is 1. The molecule has 53 heavy (non-hydrogen) atoms. The maximum Gasteiger partial charge on any atom is 0.416 e. The van der Waals surface area contributed by atoms with Crippen LogP contribution in [0, 0.1) is 0 Å². The summed E-state index contributed by atoms with van der Waals surface area (Å²) in [5.74, 6) is -1.33. The number of carbonyl (C=O) groups is 2. The third-order valence-electron chi connectivity index (χ3n) is 9.79. The lowest BCUT2D eigenvalue weighted by molar-refractivity contribution is -0.137. The zero-order valence-corrected chi connectivity index (χ0v) is 29.6. The average Bonchev–Trinajstić information content (AvgIpc) is 3.80. The van der Waals surface area contributed by atoms with E-state index in [4.69, 9.17) is 11.6 Å². The van der Waals surface area contributed by atoms with Gasteiger partial charge in [0.25, 0.3) is 11.5 Å². The van der Waals surface area contributed by atoms with Crippen molar-refractivity contribution >= 4 is 34.9 Å². The summed E-state index contributed by atoms with van der Waals surface area (Å²) < 4.78 is 44.0. The Labute approximate surface area is 304 Å². The molecule has 278 valence electrons. The van der Waals surface area contributed by atoms with Crippen molar-refractivity contribution in [3.05, 3.63) is 86.8 Å². The molecule has 7 rings (SSSR count). The monoisotopic (exact) mass is 753 g/mol. The lowest BCUT2D eigenvalue weighted by atomic mass is 9.73. The average molecular weight is 754 g/mol. The van der Waals surface area contributed by atoms with Crippen LogP contribution in [0.25, 0.3) is 17.2 Å². The molecule has 0 radical (unpaired) electrons. The number of alkyl halides is 3. The quantitative estimate of drug-likeness (QED) is 0.215. The molecule has 1 spiro atoms. The van der Waals surface area contributed by atoms with E-state index in [0.717, 1.165) is 22.7 Å². The molecule has 1 saturated heterocycles. The van der Waals surface area contributed by atoms with Crippen LogP contribution in [0.3, 0.4) is 0 Å². The molecule has 4 aromatic heterocycles. The highest BCUT2D eigenvalue weighted by molar-refractivity contribution is 6.33. The first-order chi connectivity index (χ1) is 24.9. The molecule has 1 aromatic carbocycles. The molecule has 5 heterocycles. The van der Waals surface area contributed by atoms with Gasteiger partial charge in [0.2, 0.25) is 11.7 Å². The number of halogens is 4. The number of hydrogen-bond donors (Lipinski definition) is 3. The van der Waals surface area contributed by atoms with Crippen molar-refractivity contribution < 1.29 is 33.0 Å². The Morgan fingerprint density at radius 3 is 2.55 bits per heavy atom. The van der Waals surface area contributed by atoms with Gasteiger partial charge in [-0.05, 0) is 69.4 Å². The summed E-state index contributed by atoms with van der Waals surface area (Å²) in [5, 5.41) is 31.7. The first-order valence-corrected chi connectivity index (χ1v) is 17.2. The number of nitrogens with one attached hydrogen (secondary N) is 1. The number of anilines is 1. The van der Waals surface area contributed by atoms with E-state index in [0.29, 0.717) is 36.1 Å². The lowest BCUT2D eigenvalue weighted by Crippen LogP contribution is -2.46. The molecular weight excluding hydrogens is 719 g/mol. The molecule has 1 unspecified atom stereocenters. The highest BCUT2D eigenvalue weighted by atomic mass is 35.5. The maximum atomic E-state index is 14.5. The van der Waals surface area contributed by atoms with Gasteiger partial charge in [-0.15, -0.1) is 5.10 Å². The highest BCUT2D eigenvalue weighted by Gasteiger charge is 2.49. The van der Waals surface area contributed by atoms with Crippen LogP contribution < -0.4 is 10.9 Å². The maximum absolute atomic E-state index is 14.5. The van der Waals surface area contributed by atoms with Gasteiger partial charge in [-0.3, -0.25) is 19.1 Å². The Morgan fingerprint density at radius 1 is 1.15 bits per heavy atom. The second-order valence-corrected chi connectivity index (χ2v) is 14.7. The summed E-state index contributed by atoms with van der Waals surface area (Å²) in [6, 6.07) is 5.54. The molecule has 1 fully saturated rings. The summed E-state index contributed by atoms with van der Waals surface area (Å²) >= 11 is 6.15. The van der Waals surface area contributed by atoms with Gasteiger partial charge in [0.1, 0.15) is 12.3 Å². The van der Waals surface area contributed by atoms with E-state index in [1.165, 1.54) is 29.2 Å². The molecule has 0 bridgehead atoms. The standard InChI is InChI=1S/C35H35ClF3N9O5/c1-19-14-34(8-11-45(12-9-34)31(52)27-24(49)5-4-10-40-27)26-28(19)47(17-25(50)42-23-7-6-21(13-22(23)36)35(37,38)39)32-43-29(44-48(32)30(26)51)20-15-41-46(16-20)18-33(2,3)53/h4-7,10,13,15-16,19,49,53H,8-9,11-12,14,17-18H2,1-3H3,(H,42,50). The topological polar surface area (TPSA) is 173 Å². The van der Waals surface area contributed by atoms with Gasteiger partial charge in [0, 0.05) is 42.2 Å². The fourth-order valence-corrected chi connectivity index (χ4v) is 7.77. The number of likely N-dealkylation sites (tertiary alicyclic amines) is 1. The van der Waals surface area contributed by atoms with Crippen LogP contribution in [-0.4, -0.2) is 79.5 Å². The second kappa shape index (κ2) is 13.0. The Balaban J connectivity index is 1.28. The van der Waals surface area contributed by atoms with Crippen molar-refractivity contribution in [3.63, 3.8) is 0 Å². The SMILES string of the molecule is CC1CC2(CCN(C(=O)c3ncccc3O)CC2)c2c1n(CC(=O)Nc1ccc(C(F)(F)F)cc1Cl)c1nc(-c3cnn(CC(C)(C)O)c3)nn1c2=O. The number of benzene rings is 1. The van der Waals surface area contributed by atoms with E-state index in [1.807, 2.05) is 6.92 Å². The normalized spacial score (nSPS) is 17.1. The molecule has 2 aliphatic rings. The number of aliphatic hydroxyl groups is 1. The zero-order chi connectivity index (χ0) is 38.0. The van der Waals surface area contributed by atoms with Crippen LogP contribution >= 0.6 is 11.6 Å². The number of aromatic hydroxyl groups is 1. The van der Waals surface area contributed by atoms with Gasteiger partial charge in [0.15, 0.2) is 11.5 Å². The van der Waals surface area contributed by atoms with Crippen molar-refractivity contribution in [2.75, 3.05) is 18.4 Å². The third kappa shape index (κ3) is 6.74. The number of carbonyl (C=O) groups excluding carboxylic acids is 2. The number of hydrogen-bond acceptors (Lipinski definition) is 9. The molecule has 1 atom stereocenters. The number of piperidine rings is 1. The van der Waals surface area contributed by atoms with E-state index in [2.05, 4.69) is 25.5 Å². The summed E-state index contributed by atoms with van der Waals surface area (Å²) in [7, 11) is 0. The molecule has 18 heteroatoms. The van der Waals surface area contributed by atoms with Gasteiger partial charge in [-0.2, -0.15) is 27.8 Å². The van der Waals surface area contributed by atoms with E-state index >= 15 is 0 Å². The fraction of sp³-hybridized carbons (Fsp3) is 0.400. The highest BCUT2D eigenvalue weighted by Crippen LogP contribution is 2.50. The number of nitrogens with zero attached hydrogens (tertiary/aromatic N) is 8. The predicted molar refractivity (Wildman–Crippen MR) is 186 cm³/mol. The second-order valence-electron chi connectivity index (χ2n) is 14.3. The molecule has 2 amide bonds. The van der Waals surface area contributed by atoms with Crippen LogP contribution in [0.4, 0.5) is 18.9 Å². The number of rotatable bonds is 7. The van der Waals surface area contributed by atoms with Crippen LogP contribution in [0.2, 0.25) is 5.02 Å².